The monoisotopic (exact) mass is 593 g/mol. The Morgan fingerprint density at radius 2 is 1.39 bits per heavy atom. The van der Waals surface area contributed by atoms with Crippen LogP contribution in [0.1, 0.15) is 34.0 Å². The van der Waals surface area contributed by atoms with E-state index in [1.807, 2.05) is 26.8 Å². The molecule has 0 fully saturated rings. The fraction of sp³-hybridized carbons (Fsp3) is 0.167. The van der Waals surface area contributed by atoms with Crippen LogP contribution in [0, 0.1) is 20.8 Å². The van der Waals surface area contributed by atoms with E-state index in [1.54, 1.807) is 49.4 Å². The van der Waals surface area contributed by atoms with Crippen molar-refractivity contribution < 1.29 is 26.4 Å². The summed E-state index contributed by atoms with van der Waals surface area (Å²) in [6.45, 7) is 7.74. The Bertz CT molecular complexity index is 1790. The van der Waals surface area contributed by atoms with Crippen molar-refractivity contribution in [3.05, 3.63) is 107 Å². The highest BCUT2D eigenvalue weighted by Crippen LogP contribution is 2.25. The van der Waals surface area contributed by atoms with Gasteiger partial charge in [-0.1, -0.05) is 18.2 Å². The van der Waals surface area contributed by atoms with Crippen LogP contribution in [0.5, 0.6) is 5.75 Å². The first kappa shape index (κ1) is 29.6. The topological polar surface area (TPSA) is 131 Å². The van der Waals surface area contributed by atoms with E-state index in [0.29, 0.717) is 35.0 Å². The molecule has 0 bridgehead atoms. The minimum absolute atomic E-state index is 0.00520. The molecule has 3 N–H and O–H groups in total. The average Bonchev–Trinajstić information content (AvgIpc) is 2.92. The van der Waals surface area contributed by atoms with Crippen LogP contribution in [-0.2, 0) is 20.0 Å². The van der Waals surface area contributed by atoms with Gasteiger partial charge in [0.25, 0.3) is 26.0 Å². The minimum Gasteiger partial charge on any atom is -0.494 e. The summed E-state index contributed by atoms with van der Waals surface area (Å²) < 4.78 is 62.5. The number of carbonyl (C=O) groups is 1. The molecule has 0 spiro atoms. The molecule has 0 heterocycles. The highest BCUT2D eigenvalue weighted by molar-refractivity contribution is 7.93. The smallest absolute Gasteiger partial charge is 0.262 e. The number of amides is 1. The number of hydrogen-bond acceptors (Lipinski definition) is 6. The summed E-state index contributed by atoms with van der Waals surface area (Å²) in [5, 5.41) is 2.69. The van der Waals surface area contributed by atoms with Crippen LogP contribution in [0.15, 0.2) is 94.7 Å². The molecule has 0 unspecified atom stereocenters. The molecule has 0 aromatic heterocycles. The van der Waals surface area contributed by atoms with E-state index in [0.717, 1.165) is 11.1 Å². The second-order valence-electron chi connectivity index (χ2n) is 9.37. The molecule has 4 aromatic carbocycles. The van der Waals surface area contributed by atoms with E-state index in [1.165, 1.54) is 36.4 Å². The first-order valence-electron chi connectivity index (χ1n) is 12.8. The van der Waals surface area contributed by atoms with E-state index in [9.17, 15) is 21.6 Å². The van der Waals surface area contributed by atoms with Gasteiger partial charge in [-0.05, 0) is 111 Å². The van der Waals surface area contributed by atoms with E-state index in [4.69, 9.17) is 4.74 Å². The summed E-state index contributed by atoms with van der Waals surface area (Å²) in [6, 6.07) is 21.9. The summed E-state index contributed by atoms with van der Waals surface area (Å²) in [5.74, 6) is 0.0859. The number of ether oxygens (including phenoxy) is 1. The fourth-order valence-corrected chi connectivity index (χ4v) is 6.47. The van der Waals surface area contributed by atoms with Gasteiger partial charge in [0.2, 0.25) is 0 Å². The molecule has 4 rings (SSSR count). The minimum atomic E-state index is -3.98. The molecule has 214 valence electrons. The zero-order valence-corrected chi connectivity index (χ0v) is 24.7. The van der Waals surface area contributed by atoms with E-state index in [-0.39, 0.29) is 15.4 Å². The Morgan fingerprint density at radius 3 is 2.05 bits per heavy atom. The van der Waals surface area contributed by atoms with Crippen LogP contribution in [-0.4, -0.2) is 29.3 Å². The molecule has 0 aliphatic carbocycles. The van der Waals surface area contributed by atoms with Crippen LogP contribution in [0.25, 0.3) is 0 Å². The van der Waals surface area contributed by atoms with Crippen LogP contribution in [0.4, 0.5) is 17.1 Å². The molecule has 0 atom stereocenters. The van der Waals surface area contributed by atoms with Crippen molar-refractivity contribution in [2.24, 2.45) is 0 Å². The Morgan fingerprint density at radius 1 is 0.732 bits per heavy atom. The zero-order valence-electron chi connectivity index (χ0n) is 23.1. The first-order chi connectivity index (χ1) is 19.4. The Labute approximate surface area is 240 Å². The van der Waals surface area contributed by atoms with Crippen molar-refractivity contribution >= 4 is 43.0 Å². The predicted molar refractivity (Wildman–Crippen MR) is 161 cm³/mol. The number of anilines is 3. The number of carbonyl (C=O) groups excluding carboxylic acids is 1. The maximum atomic E-state index is 13.2. The largest absolute Gasteiger partial charge is 0.494 e. The first-order valence-corrected chi connectivity index (χ1v) is 15.7. The highest BCUT2D eigenvalue weighted by Gasteiger charge is 2.21. The number of aryl methyl sites for hydroxylation is 2. The van der Waals surface area contributed by atoms with Crippen molar-refractivity contribution in [3.8, 4) is 5.75 Å². The summed E-state index contributed by atoms with van der Waals surface area (Å²) >= 11 is 0. The number of sulfonamides is 2. The molecule has 9 nitrogen and oxygen atoms in total. The third-order valence-corrected chi connectivity index (χ3v) is 9.33. The third kappa shape index (κ3) is 7.05. The quantitative estimate of drug-likeness (QED) is 0.211. The van der Waals surface area contributed by atoms with Gasteiger partial charge in [0.05, 0.1) is 22.1 Å². The van der Waals surface area contributed by atoms with Gasteiger partial charge in [-0.15, -0.1) is 0 Å². The zero-order chi connectivity index (χ0) is 29.8. The molecule has 0 saturated heterocycles. The van der Waals surface area contributed by atoms with Crippen molar-refractivity contribution in [1.82, 2.24) is 0 Å². The molecule has 1 amide bonds. The predicted octanol–water partition coefficient (Wildman–Crippen LogP) is 5.86. The van der Waals surface area contributed by atoms with Crippen LogP contribution in [0.2, 0.25) is 0 Å². The average molecular weight is 594 g/mol. The Kier molecular flexibility index (Phi) is 8.69. The van der Waals surface area contributed by atoms with Gasteiger partial charge in [-0.2, -0.15) is 0 Å². The highest BCUT2D eigenvalue weighted by atomic mass is 32.2. The molecule has 41 heavy (non-hydrogen) atoms. The number of benzene rings is 4. The van der Waals surface area contributed by atoms with Crippen LogP contribution in [0.3, 0.4) is 0 Å². The molecule has 0 aliphatic rings. The summed E-state index contributed by atoms with van der Waals surface area (Å²) in [7, 11) is -7.85. The van der Waals surface area contributed by atoms with Gasteiger partial charge in [-0.25, -0.2) is 16.8 Å². The fourth-order valence-electron chi connectivity index (χ4n) is 4.01. The lowest BCUT2D eigenvalue weighted by Gasteiger charge is -2.15. The second-order valence-corrected chi connectivity index (χ2v) is 12.7. The van der Waals surface area contributed by atoms with Gasteiger partial charge >= 0.3 is 0 Å². The molecule has 4 aromatic rings. The molecule has 0 aliphatic heterocycles. The SMILES string of the molecule is CCOc1ccc(NS(=O)(=O)c2ccc(NC(=O)c3ccc(C)c(S(=O)(=O)Nc4cccc(C)c4C)c3)cc2)cc1. The van der Waals surface area contributed by atoms with Gasteiger partial charge < -0.3 is 10.1 Å². The van der Waals surface area contributed by atoms with Crippen molar-refractivity contribution in [1.29, 1.82) is 0 Å². The molecule has 0 saturated carbocycles. The van der Waals surface area contributed by atoms with Gasteiger partial charge in [-0.3, -0.25) is 14.2 Å². The summed E-state index contributed by atoms with van der Waals surface area (Å²) in [5.41, 5.74) is 3.55. The number of nitrogens with one attached hydrogen (secondary N) is 3. The lowest BCUT2D eigenvalue weighted by molar-refractivity contribution is 0.102. The molecule has 0 radical (unpaired) electrons. The van der Waals surface area contributed by atoms with Crippen LogP contribution >= 0.6 is 0 Å². The van der Waals surface area contributed by atoms with E-state index < -0.39 is 26.0 Å². The third-order valence-electron chi connectivity index (χ3n) is 6.43. The lowest BCUT2D eigenvalue weighted by Crippen LogP contribution is -2.18. The van der Waals surface area contributed by atoms with Gasteiger partial charge in [0.15, 0.2) is 0 Å². The van der Waals surface area contributed by atoms with Crippen molar-refractivity contribution in [3.63, 3.8) is 0 Å². The molecular weight excluding hydrogens is 562 g/mol. The summed E-state index contributed by atoms with van der Waals surface area (Å²) in [6.07, 6.45) is 0. The van der Waals surface area contributed by atoms with Crippen LogP contribution < -0.4 is 19.5 Å². The lowest BCUT2D eigenvalue weighted by atomic mass is 10.1. The maximum absolute atomic E-state index is 13.2. The normalized spacial score (nSPS) is 11.5. The summed E-state index contributed by atoms with van der Waals surface area (Å²) in [4.78, 5) is 13.0. The molecule has 11 heteroatoms. The van der Waals surface area contributed by atoms with Crippen molar-refractivity contribution in [2.75, 3.05) is 21.4 Å². The Balaban J connectivity index is 1.48. The van der Waals surface area contributed by atoms with E-state index >= 15 is 0 Å². The Hall–Kier alpha value is -4.35. The standard InChI is InChI=1S/C30H31N3O6S2/c1-5-39-26-15-11-25(12-16-26)32-40(35,36)27-17-13-24(14-18-27)31-30(34)23-10-9-21(3)29(19-23)41(37,38)33-28-8-6-7-20(2)22(28)4/h6-19,32-33H,5H2,1-4H3,(H,31,34). The maximum Gasteiger partial charge on any atom is 0.262 e. The second kappa shape index (κ2) is 12.0. The molecular formula is C30H31N3O6S2. The van der Waals surface area contributed by atoms with Crippen molar-refractivity contribution in [2.45, 2.75) is 37.5 Å². The van der Waals surface area contributed by atoms with Gasteiger partial charge in [0.1, 0.15) is 5.75 Å². The number of hydrogen-bond donors (Lipinski definition) is 3. The number of rotatable bonds is 10. The van der Waals surface area contributed by atoms with Gasteiger partial charge in [0, 0.05) is 16.9 Å². The van der Waals surface area contributed by atoms with E-state index in [2.05, 4.69) is 14.8 Å².